The summed E-state index contributed by atoms with van der Waals surface area (Å²) < 4.78 is 42.3. The number of aliphatic carboxylic acids is 1. The SMILES string of the molecule is Cc1nocc1C(=O)N1C[C@@H]2COC[C@]2(CN(C)C)C1.O=C(O)C(F)(F)F. The van der Waals surface area contributed by atoms with E-state index < -0.39 is 12.1 Å². The fourth-order valence-corrected chi connectivity index (χ4v) is 3.51. The van der Waals surface area contributed by atoms with Crippen LogP contribution in [-0.4, -0.2) is 85.1 Å². The van der Waals surface area contributed by atoms with E-state index in [0.29, 0.717) is 17.2 Å². The number of carboxylic acid groups (broad SMARTS) is 1. The Morgan fingerprint density at radius 1 is 1.44 bits per heavy atom. The predicted molar refractivity (Wildman–Crippen MR) is 86.1 cm³/mol. The van der Waals surface area contributed by atoms with Gasteiger partial charge in [-0.05, 0) is 21.0 Å². The number of hydrogen-bond acceptors (Lipinski definition) is 6. The van der Waals surface area contributed by atoms with Crippen molar-refractivity contribution in [3.8, 4) is 0 Å². The lowest BCUT2D eigenvalue weighted by Crippen LogP contribution is -2.41. The fourth-order valence-electron chi connectivity index (χ4n) is 3.51. The van der Waals surface area contributed by atoms with E-state index in [9.17, 15) is 18.0 Å². The van der Waals surface area contributed by atoms with Crippen LogP contribution in [0.2, 0.25) is 0 Å². The number of ether oxygens (including phenoxy) is 1. The van der Waals surface area contributed by atoms with E-state index in [4.69, 9.17) is 19.2 Å². The standard InChI is InChI=1S/C14H21N3O3.C2HF3O2/c1-10-12(6-20-15-10)13(18)17-4-11-5-19-9-14(11,8-17)7-16(2)3;3-2(4,5)1(6)7/h6,11H,4-5,7-9H2,1-3H3;(H,6,7)/t11-,14+;/m1./s1. The molecule has 2 aliphatic heterocycles. The van der Waals surface area contributed by atoms with Crippen LogP contribution in [0.5, 0.6) is 0 Å². The molecule has 8 nitrogen and oxygen atoms in total. The van der Waals surface area contributed by atoms with E-state index in [0.717, 1.165) is 32.8 Å². The molecular weight excluding hydrogens is 371 g/mol. The summed E-state index contributed by atoms with van der Waals surface area (Å²) in [5.74, 6) is -2.31. The molecule has 0 aliphatic carbocycles. The number of rotatable bonds is 3. The Labute approximate surface area is 153 Å². The number of amides is 1. The summed E-state index contributed by atoms with van der Waals surface area (Å²) in [6, 6.07) is 0. The molecular formula is C16H22F3N3O5. The van der Waals surface area contributed by atoms with Crippen LogP contribution in [-0.2, 0) is 9.53 Å². The molecule has 1 amide bonds. The summed E-state index contributed by atoms with van der Waals surface area (Å²) in [6.45, 7) is 5.75. The van der Waals surface area contributed by atoms with Gasteiger partial charge in [0.05, 0.1) is 18.9 Å². The van der Waals surface area contributed by atoms with Crippen molar-refractivity contribution < 1.29 is 37.1 Å². The largest absolute Gasteiger partial charge is 0.490 e. The minimum Gasteiger partial charge on any atom is -0.475 e. The molecule has 0 bridgehead atoms. The van der Waals surface area contributed by atoms with Gasteiger partial charge >= 0.3 is 12.1 Å². The van der Waals surface area contributed by atoms with Gasteiger partial charge in [-0.25, -0.2) is 4.79 Å². The predicted octanol–water partition coefficient (Wildman–Crippen LogP) is 1.27. The summed E-state index contributed by atoms with van der Waals surface area (Å²) in [7, 11) is 4.14. The fraction of sp³-hybridized carbons (Fsp3) is 0.688. The maximum absolute atomic E-state index is 12.6. The van der Waals surface area contributed by atoms with Crippen molar-refractivity contribution in [3.63, 3.8) is 0 Å². The van der Waals surface area contributed by atoms with Crippen molar-refractivity contribution in [1.29, 1.82) is 0 Å². The molecule has 2 fully saturated rings. The highest BCUT2D eigenvalue weighted by atomic mass is 19.4. The first-order valence-corrected chi connectivity index (χ1v) is 8.19. The Morgan fingerprint density at radius 2 is 2.07 bits per heavy atom. The first-order chi connectivity index (χ1) is 12.5. The number of carbonyl (C=O) groups excluding carboxylic acids is 1. The Kier molecular flexibility index (Phi) is 6.15. The molecule has 0 unspecified atom stereocenters. The lowest BCUT2D eigenvalue weighted by atomic mass is 9.81. The topological polar surface area (TPSA) is 96.1 Å². The number of fused-ring (bicyclic) bond motifs is 1. The van der Waals surface area contributed by atoms with E-state index in [-0.39, 0.29) is 11.3 Å². The smallest absolute Gasteiger partial charge is 0.475 e. The van der Waals surface area contributed by atoms with Crippen LogP contribution in [0.1, 0.15) is 16.1 Å². The maximum Gasteiger partial charge on any atom is 0.490 e. The molecule has 2 atom stereocenters. The second kappa shape index (κ2) is 7.85. The number of hydrogen-bond donors (Lipinski definition) is 1. The lowest BCUT2D eigenvalue weighted by molar-refractivity contribution is -0.192. The van der Waals surface area contributed by atoms with Crippen LogP contribution in [0.4, 0.5) is 13.2 Å². The van der Waals surface area contributed by atoms with Crippen LogP contribution < -0.4 is 0 Å². The van der Waals surface area contributed by atoms with E-state index in [1.165, 1.54) is 6.26 Å². The van der Waals surface area contributed by atoms with Crippen LogP contribution in [0.15, 0.2) is 10.8 Å². The van der Waals surface area contributed by atoms with Gasteiger partial charge in [0.15, 0.2) is 0 Å². The van der Waals surface area contributed by atoms with E-state index in [1.807, 2.05) is 4.90 Å². The van der Waals surface area contributed by atoms with Crippen LogP contribution in [0, 0.1) is 18.3 Å². The summed E-state index contributed by atoms with van der Waals surface area (Å²) in [4.78, 5) is 25.6. The lowest BCUT2D eigenvalue weighted by Gasteiger charge is -2.30. The number of nitrogens with zero attached hydrogens (tertiary/aromatic N) is 3. The quantitative estimate of drug-likeness (QED) is 0.826. The summed E-state index contributed by atoms with van der Waals surface area (Å²) >= 11 is 0. The maximum atomic E-state index is 12.6. The molecule has 27 heavy (non-hydrogen) atoms. The second-order valence-corrected chi connectivity index (χ2v) is 7.11. The molecule has 3 heterocycles. The Hall–Kier alpha value is -2.14. The molecule has 0 radical (unpaired) electrons. The Morgan fingerprint density at radius 3 is 2.56 bits per heavy atom. The molecule has 1 aromatic rings. The zero-order valence-electron chi connectivity index (χ0n) is 15.2. The second-order valence-electron chi connectivity index (χ2n) is 7.11. The average Bonchev–Trinajstić information content (AvgIpc) is 3.19. The highest BCUT2D eigenvalue weighted by Gasteiger charge is 2.52. The molecule has 11 heteroatoms. The molecule has 0 saturated carbocycles. The van der Waals surface area contributed by atoms with Crippen molar-refractivity contribution in [2.45, 2.75) is 13.1 Å². The molecule has 1 aromatic heterocycles. The van der Waals surface area contributed by atoms with Crippen molar-refractivity contribution >= 4 is 11.9 Å². The number of alkyl halides is 3. The van der Waals surface area contributed by atoms with Gasteiger partial charge in [0.2, 0.25) is 0 Å². The molecule has 0 spiro atoms. The first kappa shape index (κ1) is 21.2. The summed E-state index contributed by atoms with van der Waals surface area (Å²) in [5, 5.41) is 10.9. The highest BCUT2D eigenvalue weighted by Crippen LogP contribution is 2.42. The van der Waals surface area contributed by atoms with Gasteiger partial charge in [0.1, 0.15) is 11.8 Å². The number of halogens is 3. The zero-order valence-corrected chi connectivity index (χ0v) is 15.2. The number of aryl methyl sites for hydroxylation is 1. The van der Waals surface area contributed by atoms with Gasteiger partial charge in [-0.1, -0.05) is 5.16 Å². The normalized spacial score (nSPS) is 24.6. The van der Waals surface area contributed by atoms with E-state index in [2.05, 4.69) is 24.2 Å². The molecule has 2 saturated heterocycles. The van der Waals surface area contributed by atoms with Crippen molar-refractivity contribution in [2.75, 3.05) is 46.9 Å². The highest BCUT2D eigenvalue weighted by molar-refractivity contribution is 5.95. The van der Waals surface area contributed by atoms with Crippen LogP contribution in [0.25, 0.3) is 0 Å². The van der Waals surface area contributed by atoms with Gasteiger partial charge in [-0.3, -0.25) is 4.79 Å². The Bertz CT molecular complexity index is 691. The van der Waals surface area contributed by atoms with Crippen LogP contribution in [0.3, 0.4) is 0 Å². The average molecular weight is 393 g/mol. The first-order valence-electron chi connectivity index (χ1n) is 8.19. The van der Waals surface area contributed by atoms with Crippen molar-refractivity contribution in [3.05, 3.63) is 17.5 Å². The molecule has 2 aliphatic rings. The summed E-state index contributed by atoms with van der Waals surface area (Å²) in [5.41, 5.74) is 1.31. The number of likely N-dealkylation sites (tertiary alicyclic amines) is 1. The van der Waals surface area contributed by atoms with Gasteiger partial charge < -0.3 is 24.2 Å². The molecule has 152 valence electrons. The minimum atomic E-state index is -5.08. The number of carbonyl (C=O) groups is 2. The van der Waals surface area contributed by atoms with Crippen molar-refractivity contribution in [1.82, 2.24) is 15.0 Å². The Balaban J connectivity index is 0.000000321. The van der Waals surface area contributed by atoms with Crippen LogP contribution >= 0.6 is 0 Å². The zero-order chi connectivity index (χ0) is 20.4. The van der Waals surface area contributed by atoms with Gasteiger partial charge in [-0.2, -0.15) is 13.2 Å². The van der Waals surface area contributed by atoms with Gasteiger partial charge in [0, 0.05) is 31.0 Å². The van der Waals surface area contributed by atoms with Crippen molar-refractivity contribution in [2.24, 2.45) is 11.3 Å². The minimum absolute atomic E-state index is 0.0243. The van der Waals surface area contributed by atoms with E-state index >= 15 is 0 Å². The molecule has 3 rings (SSSR count). The number of aromatic nitrogens is 1. The molecule has 1 N–H and O–H groups in total. The third kappa shape index (κ3) is 4.78. The molecule has 0 aromatic carbocycles. The third-order valence-corrected chi connectivity index (χ3v) is 4.66. The summed E-state index contributed by atoms with van der Waals surface area (Å²) in [6.07, 6.45) is -3.64. The van der Waals surface area contributed by atoms with E-state index in [1.54, 1.807) is 6.92 Å². The third-order valence-electron chi connectivity index (χ3n) is 4.66. The monoisotopic (exact) mass is 393 g/mol. The number of carboxylic acids is 1. The van der Waals surface area contributed by atoms with Gasteiger partial charge in [-0.15, -0.1) is 0 Å². The van der Waals surface area contributed by atoms with Gasteiger partial charge in [0.25, 0.3) is 5.91 Å².